The van der Waals surface area contributed by atoms with Gasteiger partial charge in [0.1, 0.15) is 5.02 Å². The number of methoxy groups -OCH3 is 1. The molecule has 0 unspecified atom stereocenters. The van der Waals surface area contributed by atoms with Crippen LogP contribution in [0.25, 0.3) is 11.3 Å². The molecule has 144 valence electrons. The van der Waals surface area contributed by atoms with Crippen molar-refractivity contribution in [2.75, 3.05) is 12.4 Å². The summed E-state index contributed by atoms with van der Waals surface area (Å²) in [5, 5.41) is 1.66. The van der Waals surface area contributed by atoms with Crippen LogP contribution in [0.1, 0.15) is 18.9 Å². The molecule has 1 N–H and O–H groups in total. The highest BCUT2D eigenvalue weighted by atomic mass is 35.5. The molecule has 1 aromatic heterocycles. The Labute approximate surface area is 167 Å². The van der Waals surface area contributed by atoms with E-state index in [1.807, 2.05) is 0 Å². The summed E-state index contributed by atoms with van der Waals surface area (Å²) < 4.78 is 35.7. The van der Waals surface area contributed by atoms with E-state index in [4.69, 9.17) is 39.5 Å². The molecule has 0 aliphatic carbocycles. The molecule has 1 aromatic carbocycles. The largest absolute Gasteiger partial charge is 0.514 e. The lowest BCUT2D eigenvalue weighted by Gasteiger charge is -2.14. The number of rotatable bonds is 4. The molecule has 0 radical (unpaired) electrons. The van der Waals surface area contributed by atoms with Crippen molar-refractivity contribution in [2.45, 2.75) is 13.3 Å². The average molecular weight is 440 g/mol. The van der Waals surface area contributed by atoms with Crippen LogP contribution in [0.15, 0.2) is 18.2 Å². The number of hydrogen-bond donors (Lipinski definition) is 1. The van der Waals surface area contributed by atoms with E-state index >= 15 is 0 Å². The van der Waals surface area contributed by atoms with Gasteiger partial charge in [-0.15, -0.1) is 0 Å². The minimum absolute atomic E-state index is 0.00520. The summed E-state index contributed by atoms with van der Waals surface area (Å²) in [5.74, 6) is -0.886. The van der Waals surface area contributed by atoms with Crippen molar-refractivity contribution in [1.82, 2.24) is 4.98 Å². The molecule has 0 spiro atoms. The maximum atomic E-state index is 13.2. The summed E-state index contributed by atoms with van der Waals surface area (Å²) in [7, 11) is 1.07. The van der Waals surface area contributed by atoms with Gasteiger partial charge in [0.15, 0.2) is 0 Å². The van der Waals surface area contributed by atoms with Gasteiger partial charge in [-0.3, -0.25) is 4.79 Å². The Morgan fingerprint density at radius 3 is 2.41 bits per heavy atom. The fraction of sp³-hybridized carbons (Fsp3) is 0.188. The summed E-state index contributed by atoms with van der Waals surface area (Å²) in [6, 6.07) is 3.87. The van der Waals surface area contributed by atoms with Gasteiger partial charge in [-0.25, -0.2) is 18.6 Å². The highest BCUT2D eigenvalue weighted by molar-refractivity contribution is 6.38. The molecule has 0 saturated carbocycles. The third-order valence-corrected chi connectivity index (χ3v) is 4.31. The van der Waals surface area contributed by atoms with Gasteiger partial charge >= 0.3 is 6.16 Å². The van der Waals surface area contributed by atoms with Crippen molar-refractivity contribution in [2.24, 2.45) is 0 Å². The number of benzene rings is 1. The Morgan fingerprint density at radius 1 is 1.19 bits per heavy atom. The molecule has 0 bridgehead atoms. The molecule has 6 nitrogen and oxygen atoms in total. The second-order valence-electron chi connectivity index (χ2n) is 5.03. The number of halogens is 5. The second kappa shape index (κ2) is 8.69. The van der Waals surface area contributed by atoms with Gasteiger partial charge in [0.05, 0.1) is 34.1 Å². The van der Waals surface area contributed by atoms with Gasteiger partial charge in [0.25, 0.3) is 6.43 Å². The van der Waals surface area contributed by atoms with Gasteiger partial charge in [-0.05, 0) is 18.2 Å². The Balaban J connectivity index is 2.69. The maximum Gasteiger partial charge on any atom is 0.514 e. The first kappa shape index (κ1) is 21.1. The second-order valence-corrected chi connectivity index (χ2v) is 6.20. The zero-order valence-corrected chi connectivity index (χ0v) is 16.0. The zero-order valence-electron chi connectivity index (χ0n) is 13.8. The topological polar surface area (TPSA) is 77.5 Å². The lowest BCUT2D eigenvalue weighted by molar-refractivity contribution is -0.114. The van der Waals surface area contributed by atoms with Crippen molar-refractivity contribution in [3.8, 4) is 17.1 Å². The molecular weight excluding hydrogens is 429 g/mol. The van der Waals surface area contributed by atoms with Crippen LogP contribution >= 0.6 is 34.8 Å². The number of hydrogen-bond acceptors (Lipinski definition) is 5. The Morgan fingerprint density at radius 2 is 1.85 bits per heavy atom. The minimum Gasteiger partial charge on any atom is -0.437 e. The quantitative estimate of drug-likeness (QED) is 0.614. The van der Waals surface area contributed by atoms with Crippen molar-refractivity contribution in [1.29, 1.82) is 0 Å². The number of carbonyl (C=O) groups excluding carboxylic acids is 2. The number of carbonyl (C=O) groups is 2. The number of aromatic nitrogens is 1. The van der Waals surface area contributed by atoms with Gasteiger partial charge in [-0.2, -0.15) is 0 Å². The summed E-state index contributed by atoms with van der Waals surface area (Å²) in [6.07, 6.45) is -4.05. The summed E-state index contributed by atoms with van der Waals surface area (Å²) >= 11 is 17.9. The molecule has 0 aliphatic rings. The van der Waals surface area contributed by atoms with Crippen molar-refractivity contribution >= 4 is 52.6 Å². The number of anilines is 1. The molecule has 2 rings (SSSR count). The zero-order chi connectivity index (χ0) is 20.3. The maximum absolute atomic E-state index is 13.2. The molecule has 11 heteroatoms. The number of nitrogens with one attached hydrogen (secondary N) is 1. The summed E-state index contributed by atoms with van der Waals surface area (Å²) in [6.45, 7) is 1.22. The first-order valence-electron chi connectivity index (χ1n) is 7.16. The average Bonchev–Trinajstić information content (AvgIpc) is 2.57. The predicted molar refractivity (Wildman–Crippen MR) is 97.0 cm³/mol. The number of alkyl halides is 2. The van der Waals surface area contributed by atoms with Gasteiger partial charge < -0.3 is 14.8 Å². The standard InChI is InChI=1S/C16H11Cl3F2N2O4/c1-6(24)22-10-5-9(23-15(13(10)19)27-16(25)26-2)7-3-4-8(17)11(12(7)18)14(20)21/h3-5,14H,1-2H3,(H,22,23,24). The Bertz CT molecular complexity index is 910. The fourth-order valence-corrected chi connectivity index (χ4v) is 2.90. The molecule has 0 atom stereocenters. The Kier molecular flexibility index (Phi) is 6.80. The highest BCUT2D eigenvalue weighted by Gasteiger charge is 2.23. The van der Waals surface area contributed by atoms with E-state index in [2.05, 4.69) is 15.0 Å². The predicted octanol–water partition coefficient (Wildman–Crippen LogP) is 5.75. The van der Waals surface area contributed by atoms with Crippen LogP contribution < -0.4 is 10.1 Å². The third-order valence-electron chi connectivity index (χ3n) is 3.21. The van der Waals surface area contributed by atoms with E-state index in [0.29, 0.717) is 0 Å². The lowest BCUT2D eigenvalue weighted by atomic mass is 10.1. The van der Waals surface area contributed by atoms with E-state index in [9.17, 15) is 18.4 Å². The molecule has 27 heavy (non-hydrogen) atoms. The molecule has 1 amide bonds. The van der Waals surface area contributed by atoms with Gasteiger partial charge in [-0.1, -0.05) is 34.8 Å². The summed E-state index contributed by atoms with van der Waals surface area (Å²) in [4.78, 5) is 26.8. The van der Waals surface area contributed by atoms with E-state index in [-0.39, 0.29) is 32.0 Å². The van der Waals surface area contributed by atoms with Crippen molar-refractivity contribution < 1.29 is 27.8 Å². The van der Waals surface area contributed by atoms with Crippen LogP contribution in [0.3, 0.4) is 0 Å². The number of amides is 1. The van der Waals surface area contributed by atoms with E-state index in [1.165, 1.54) is 25.1 Å². The fourth-order valence-electron chi connectivity index (χ4n) is 2.08. The van der Waals surface area contributed by atoms with E-state index in [1.54, 1.807) is 0 Å². The van der Waals surface area contributed by atoms with Crippen LogP contribution in [-0.2, 0) is 9.53 Å². The van der Waals surface area contributed by atoms with Gasteiger partial charge in [0, 0.05) is 12.5 Å². The Hall–Kier alpha value is -2.16. The van der Waals surface area contributed by atoms with Crippen LogP contribution in [0.2, 0.25) is 15.1 Å². The smallest absolute Gasteiger partial charge is 0.437 e. The molecule has 0 saturated heterocycles. The van der Waals surface area contributed by atoms with Crippen molar-refractivity contribution in [3.05, 3.63) is 38.8 Å². The highest BCUT2D eigenvalue weighted by Crippen LogP contribution is 2.42. The normalized spacial score (nSPS) is 10.7. The van der Waals surface area contributed by atoms with Crippen LogP contribution in [0.5, 0.6) is 5.88 Å². The minimum atomic E-state index is -2.93. The lowest BCUT2D eigenvalue weighted by Crippen LogP contribution is -2.12. The monoisotopic (exact) mass is 438 g/mol. The van der Waals surface area contributed by atoms with E-state index < -0.39 is 29.9 Å². The summed E-state index contributed by atoms with van der Waals surface area (Å²) in [5.41, 5.74) is -0.484. The molecule has 1 heterocycles. The molecule has 0 aliphatic heterocycles. The SMILES string of the molecule is COC(=O)Oc1nc(-c2ccc(Cl)c(C(F)F)c2Cl)cc(NC(C)=O)c1Cl. The van der Waals surface area contributed by atoms with Crippen LogP contribution in [0.4, 0.5) is 19.3 Å². The van der Waals surface area contributed by atoms with E-state index in [0.717, 1.165) is 7.11 Å². The van der Waals surface area contributed by atoms with Crippen LogP contribution in [-0.4, -0.2) is 24.2 Å². The van der Waals surface area contributed by atoms with Crippen molar-refractivity contribution in [3.63, 3.8) is 0 Å². The number of nitrogens with zero attached hydrogens (tertiary/aromatic N) is 1. The first-order chi connectivity index (χ1) is 12.6. The number of pyridine rings is 1. The van der Waals surface area contributed by atoms with Gasteiger partial charge in [0.2, 0.25) is 11.8 Å². The molecule has 0 fully saturated rings. The molecular formula is C16H11Cl3F2N2O4. The first-order valence-corrected chi connectivity index (χ1v) is 8.29. The third kappa shape index (κ3) is 4.77. The molecule has 2 aromatic rings. The number of ether oxygens (including phenoxy) is 2. The van der Waals surface area contributed by atoms with Crippen LogP contribution in [0, 0.1) is 0 Å².